The van der Waals surface area contributed by atoms with E-state index in [-0.39, 0.29) is 0 Å². The number of aliphatic hydroxyl groups excluding tert-OH is 3. The number of benzene rings is 1. The van der Waals surface area contributed by atoms with E-state index in [9.17, 15) is 15.3 Å². The van der Waals surface area contributed by atoms with Gasteiger partial charge in [-0.25, -0.2) is 15.0 Å². The highest BCUT2D eigenvalue weighted by Crippen LogP contribution is 2.32. The topological polar surface area (TPSA) is 138 Å². The first-order chi connectivity index (χ1) is 14.2. The molecule has 154 valence electrons. The number of nitrogens with zero attached hydrogens (tertiary/aromatic N) is 5. The summed E-state index contributed by atoms with van der Waals surface area (Å²) in [5.74, 6) is 0.387. The van der Waals surface area contributed by atoms with Gasteiger partial charge in [0, 0.05) is 0 Å². The van der Waals surface area contributed by atoms with Gasteiger partial charge in [-0.1, -0.05) is 44.2 Å². The van der Waals surface area contributed by atoms with Crippen molar-refractivity contribution in [2.75, 3.05) is 12.0 Å². The minimum Gasteiger partial charge on any atom is -0.394 e. The highest BCUT2D eigenvalue weighted by molar-refractivity contribution is 5.84. The van der Waals surface area contributed by atoms with Crippen molar-refractivity contribution < 1.29 is 20.1 Å². The Morgan fingerprint density at radius 1 is 1.14 bits per heavy atom. The van der Waals surface area contributed by atoms with Crippen LogP contribution < -0.4 is 5.43 Å². The van der Waals surface area contributed by atoms with E-state index in [1.807, 2.05) is 44.2 Å². The summed E-state index contributed by atoms with van der Waals surface area (Å²) >= 11 is 0. The van der Waals surface area contributed by atoms with E-state index >= 15 is 0 Å². The van der Waals surface area contributed by atoms with Crippen LogP contribution in [0.2, 0.25) is 0 Å². The van der Waals surface area contributed by atoms with Crippen LogP contribution in [0.25, 0.3) is 11.2 Å². The Balaban J connectivity index is 0.00000117. The number of ether oxygens (including phenoxy) is 1. The lowest BCUT2D eigenvalue weighted by Crippen LogP contribution is -2.33. The second-order valence-electron chi connectivity index (χ2n) is 6.06. The summed E-state index contributed by atoms with van der Waals surface area (Å²) in [7, 11) is 0. The van der Waals surface area contributed by atoms with E-state index in [1.165, 1.54) is 17.2 Å². The first-order valence-corrected chi connectivity index (χ1v) is 9.33. The highest BCUT2D eigenvalue weighted by atomic mass is 16.6. The molecule has 1 aromatic carbocycles. The minimum atomic E-state index is -1.22. The van der Waals surface area contributed by atoms with E-state index < -0.39 is 31.1 Å². The molecule has 0 amide bonds. The van der Waals surface area contributed by atoms with Crippen molar-refractivity contribution in [2.24, 2.45) is 5.10 Å². The summed E-state index contributed by atoms with van der Waals surface area (Å²) in [6.45, 7) is 3.59. The van der Waals surface area contributed by atoms with Gasteiger partial charge in [0.05, 0.1) is 19.1 Å². The normalized spacial score (nSPS) is 23.9. The van der Waals surface area contributed by atoms with Gasteiger partial charge in [-0.2, -0.15) is 5.10 Å². The van der Waals surface area contributed by atoms with Gasteiger partial charge in [0.25, 0.3) is 0 Å². The predicted octanol–water partition coefficient (Wildman–Crippen LogP) is 0.910. The molecule has 1 aliphatic heterocycles. The van der Waals surface area contributed by atoms with Crippen LogP contribution in [0.4, 0.5) is 5.82 Å². The molecule has 1 aliphatic rings. The molecule has 4 N–H and O–H groups in total. The average molecular weight is 400 g/mol. The SMILES string of the molecule is CC.OC[C@H]1O[C@@H](n2cnc3c(N/N=C/c4ccccc4)ncnc32)[C@@H](O)C1O. The zero-order valence-electron chi connectivity index (χ0n) is 16.1. The number of hydrogen-bond donors (Lipinski definition) is 4. The van der Waals surface area contributed by atoms with Crippen molar-refractivity contribution in [2.45, 2.75) is 38.4 Å². The summed E-state index contributed by atoms with van der Waals surface area (Å²) in [5, 5.41) is 33.6. The number of rotatable bonds is 5. The molecule has 3 aromatic rings. The van der Waals surface area contributed by atoms with Crippen LogP contribution in [0.1, 0.15) is 25.6 Å². The molecule has 0 spiro atoms. The van der Waals surface area contributed by atoms with Gasteiger partial charge in [-0.05, 0) is 5.56 Å². The molecule has 29 heavy (non-hydrogen) atoms. The first kappa shape index (κ1) is 20.8. The van der Waals surface area contributed by atoms with Crippen molar-refractivity contribution in [3.63, 3.8) is 0 Å². The molecule has 0 radical (unpaired) electrons. The molecule has 10 nitrogen and oxygen atoms in total. The van der Waals surface area contributed by atoms with Gasteiger partial charge in [0.1, 0.15) is 24.6 Å². The number of fused-ring (bicyclic) bond motifs is 1. The van der Waals surface area contributed by atoms with Crippen molar-refractivity contribution in [1.82, 2.24) is 19.5 Å². The van der Waals surface area contributed by atoms with Gasteiger partial charge < -0.3 is 20.1 Å². The molecule has 1 fully saturated rings. The number of nitrogens with one attached hydrogen (secondary N) is 1. The Hall–Kier alpha value is -2.92. The molecular formula is C19H24N6O4. The summed E-state index contributed by atoms with van der Waals surface area (Å²) in [4.78, 5) is 12.6. The molecule has 0 bridgehead atoms. The number of aliphatic hydroxyl groups is 3. The third-order valence-electron chi connectivity index (χ3n) is 4.33. The molecule has 4 rings (SSSR count). The molecule has 0 aliphatic carbocycles. The number of aromatic nitrogens is 4. The molecule has 1 saturated heterocycles. The lowest BCUT2D eigenvalue weighted by Gasteiger charge is -2.16. The van der Waals surface area contributed by atoms with Crippen LogP contribution in [0.15, 0.2) is 48.1 Å². The Bertz CT molecular complexity index is 948. The predicted molar refractivity (Wildman–Crippen MR) is 107 cm³/mol. The molecule has 1 unspecified atom stereocenters. The third kappa shape index (κ3) is 4.25. The molecular weight excluding hydrogens is 376 g/mol. The maximum atomic E-state index is 10.2. The van der Waals surface area contributed by atoms with Crippen molar-refractivity contribution >= 4 is 23.2 Å². The first-order valence-electron chi connectivity index (χ1n) is 9.33. The van der Waals surface area contributed by atoms with Crippen LogP contribution in [0, 0.1) is 0 Å². The Kier molecular flexibility index (Phi) is 6.83. The van der Waals surface area contributed by atoms with E-state index in [0.29, 0.717) is 17.0 Å². The third-order valence-corrected chi connectivity index (χ3v) is 4.33. The molecule has 0 saturated carbocycles. The zero-order chi connectivity index (χ0) is 20.8. The van der Waals surface area contributed by atoms with Gasteiger partial charge in [-0.15, -0.1) is 0 Å². The molecule has 10 heteroatoms. The number of hydrogen-bond acceptors (Lipinski definition) is 9. The molecule has 3 heterocycles. The van der Waals surface area contributed by atoms with Gasteiger partial charge >= 0.3 is 0 Å². The van der Waals surface area contributed by atoms with Gasteiger partial charge in [0.15, 0.2) is 23.2 Å². The van der Waals surface area contributed by atoms with Crippen LogP contribution >= 0.6 is 0 Å². The second kappa shape index (κ2) is 9.52. The largest absolute Gasteiger partial charge is 0.394 e. The molecule has 4 atom stereocenters. The number of anilines is 1. The maximum absolute atomic E-state index is 10.2. The zero-order valence-corrected chi connectivity index (χ0v) is 16.1. The quantitative estimate of drug-likeness (QED) is 0.366. The Labute approximate surface area is 167 Å². The van der Waals surface area contributed by atoms with Crippen LogP contribution in [-0.4, -0.2) is 66.0 Å². The highest BCUT2D eigenvalue weighted by Gasteiger charge is 2.44. The minimum absolute atomic E-state index is 0.387. The lowest BCUT2D eigenvalue weighted by atomic mass is 10.1. The summed E-state index contributed by atoms with van der Waals surface area (Å²) in [6, 6.07) is 9.57. The fourth-order valence-electron chi connectivity index (χ4n) is 2.94. The van der Waals surface area contributed by atoms with Gasteiger partial charge in [0.2, 0.25) is 0 Å². The summed E-state index contributed by atoms with van der Waals surface area (Å²) < 4.78 is 7.02. The van der Waals surface area contributed by atoms with Crippen molar-refractivity contribution in [3.8, 4) is 0 Å². The second-order valence-corrected chi connectivity index (χ2v) is 6.06. The van der Waals surface area contributed by atoms with Gasteiger partial charge in [-0.3, -0.25) is 9.99 Å². The van der Waals surface area contributed by atoms with Crippen LogP contribution in [0.5, 0.6) is 0 Å². The maximum Gasteiger partial charge on any atom is 0.177 e. The van der Waals surface area contributed by atoms with E-state index in [1.54, 1.807) is 6.21 Å². The van der Waals surface area contributed by atoms with Crippen LogP contribution in [0.3, 0.4) is 0 Å². The standard InChI is InChI=1S/C17H18N6O4.C2H6/c24-7-11-13(25)14(26)17(27-11)23-9-20-12-15(18-8-19-16(12)23)22-21-6-10-4-2-1-3-5-10;1-2/h1-6,8-9,11,13-14,17,24-26H,7H2,(H,18,19,22);1-2H3/b21-6+;/t11-,13?,14+,17-;/m1./s1. The monoisotopic (exact) mass is 400 g/mol. The number of hydrazone groups is 1. The Morgan fingerprint density at radius 2 is 1.90 bits per heavy atom. The van der Waals surface area contributed by atoms with E-state index in [2.05, 4.69) is 25.5 Å². The van der Waals surface area contributed by atoms with E-state index in [0.717, 1.165) is 5.56 Å². The summed E-state index contributed by atoms with van der Waals surface area (Å²) in [6.07, 6.45) is 0.203. The average Bonchev–Trinajstić information content (AvgIpc) is 3.32. The molecule has 2 aromatic heterocycles. The summed E-state index contributed by atoms with van der Waals surface area (Å²) in [5.41, 5.74) is 4.58. The van der Waals surface area contributed by atoms with Crippen molar-refractivity contribution in [1.29, 1.82) is 0 Å². The van der Waals surface area contributed by atoms with Crippen molar-refractivity contribution in [3.05, 3.63) is 48.5 Å². The smallest absolute Gasteiger partial charge is 0.177 e. The lowest BCUT2D eigenvalue weighted by molar-refractivity contribution is -0.0511. The fourth-order valence-corrected chi connectivity index (χ4v) is 2.94. The van der Waals surface area contributed by atoms with Crippen LogP contribution in [-0.2, 0) is 4.74 Å². The fraction of sp³-hybridized carbons (Fsp3) is 0.368. The number of imidazole rings is 1. The van der Waals surface area contributed by atoms with E-state index in [4.69, 9.17) is 4.74 Å². The Morgan fingerprint density at radius 3 is 2.59 bits per heavy atom.